The number of hydrogen-bond acceptors (Lipinski definition) is 6. The maximum atomic E-state index is 11.4. The van der Waals surface area contributed by atoms with Crippen LogP contribution >= 0.6 is 0 Å². The first kappa shape index (κ1) is 18.3. The van der Waals surface area contributed by atoms with Gasteiger partial charge < -0.3 is 14.8 Å². The molecule has 0 saturated carbocycles. The Morgan fingerprint density at radius 1 is 1.33 bits per heavy atom. The van der Waals surface area contributed by atoms with Crippen molar-refractivity contribution in [3.63, 3.8) is 0 Å². The zero-order valence-electron chi connectivity index (χ0n) is 14.4. The summed E-state index contributed by atoms with van der Waals surface area (Å²) in [5.41, 5.74) is 0.756. The molecule has 3 N–H and O–H groups in total. The van der Waals surface area contributed by atoms with Crippen LogP contribution in [0.3, 0.4) is 0 Å². The van der Waals surface area contributed by atoms with Crippen molar-refractivity contribution in [1.29, 1.82) is 0 Å². The Bertz CT molecular complexity index is 821. The van der Waals surface area contributed by atoms with E-state index >= 15 is 0 Å². The van der Waals surface area contributed by atoms with Crippen molar-refractivity contribution in [3.05, 3.63) is 18.5 Å². The van der Waals surface area contributed by atoms with Crippen LogP contribution in [-0.4, -0.2) is 45.6 Å². The molecule has 1 atom stereocenters. The van der Waals surface area contributed by atoms with Crippen molar-refractivity contribution in [2.45, 2.75) is 26.3 Å². The molecule has 0 aliphatic rings. The van der Waals surface area contributed by atoms with Gasteiger partial charge in [0.05, 0.1) is 19.2 Å². The van der Waals surface area contributed by atoms with Gasteiger partial charge in [-0.15, -0.1) is 0 Å². The van der Waals surface area contributed by atoms with E-state index in [-0.39, 0.29) is 6.04 Å². The van der Waals surface area contributed by atoms with Gasteiger partial charge in [-0.2, -0.15) is 0 Å². The third-order valence-electron chi connectivity index (χ3n) is 3.17. The van der Waals surface area contributed by atoms with E-state index in [9.17, 15) is 4.21 Å². The first-order valence-electron chi connectivity index (χ1n) is 7.62. The van der Waals surface area contributed by atoms with E-state index in [2.05, 4.69) is 15.3 Å². The summed E-state index contributed by atoms with van der Waals surface area (Å²) in [6.45, 7) is 4.44. The van der Waals surface area contributed by atoms with Crippen LogP contribution < -0.4 is 19.9 Å². The van der Waals surface area contributed by atoms with Gasteiger partial charge in [0.25, 0.3) is 0 Å². The van der Waals surface area contributed by atoms with E-state index in [1.807, 2.05) is 26.0 Å². The molecule has 1 aromatic carbocycles. The molecule has 0 radical (unpaired) electrons. The number of methoxy groups -OCH3 is 1. The average Bonchev–Trinajstić information content (AvgIpc) is 2.49. The third kappa shape index (κ3) is 4.97. The van der Waals surface area contributed by atoms with Gasteiger partial charge in [-0.1, -0.05) is 0 Å². The number of ether oxygens (including phenoxy) is 2. The standard InChI is InChI=1S/C16H24N4O3S/c1-11(2)20-16-12-8-14(22-3)15(9-13(12)18-10-19-16)23-6-5-7-24(4,17)21/h7-11H,5-6H2,1-4H3,(H2,17,21)(H,18,19,20). The van der Waals surface area contributed by atoms with Gasteiger partial charge in [0, 0.05) is 39.9 Å². The molecule has 0 fully saturated rings. The van der Waals surface area contributed by atoms with E-state index in [0.29, 0.717) is 24.5 Å². The molecule has 8 heteroatoms. The second-order valence-electron chi connectivity index (χ2n) is 5.81. The fourth-order valence-corrected chi connectivity index (χ4v) is 2.74. The molecular weight excluding hydrogens is 328 g/mol. The lowest BCUT2D eigenvalue weighted by molar-refractivity contribution is 0.305. The van der Waals surface area contributed by atoms with Gasteiger partial charge in [0.1, 0.15) is 12.1 Å². The normalized spacial score (nSPS) is 13.6. The predicted octanol–water partition coefficient (Wildman–Crippen LogP) is 1.82. The number of benzene rings is 1. The lowest BCUT2D eigenvalue weighted by atomic mass is 10.2. The van der Waals surface area contributed by atoms with Gasteiger partial charge in [-0.25, -0.2) is 9.97 Å². The number of aromatic nitrogens is 2. The van der Waals surface area contributed by atoms with Gasteiger partial charge >= 0.3 is 0 Å². The minimum absolute atomic E-state index is 0.251. The Hall–Kier alpha value is -2.06. The van der Waals surface area contributed by atoms with Crippen molar-refractivity contribution in [1.82, 2.24) is 9.97 Å². The molecule has 2 aromatic rings. The summed E-state index contributed by atoms with van der Waals surface area (Å²) in [4.78, 5) is 8.58. The number of hydrogen-bond donors (Lipinski definition) is 2. The summed E-state index contributed by atoms with van der Waals surface area (Å²) in [6, 6.07) is 3.92. The van der Waals surface area contributed by atoms with E-state index < -0.39 is 9.71 Å². The van der Waals surface area contributed by atoms with Crippen LogP contribution in [0.25, 0.3) is 10.9 Å². The third-order valence-corrected chi connectivity index (χ3v) is 4.07. The van der Waals surface area contributed by atoms with Crippen LogP contribution in [0.15, 0.2) is 18.5 Å². The summed E-state index contributed by atoms with van der Waals surface area (Å²) in [5.74, 6) is 1.92. The number of rotatable bonds is 7. The Kier molecular flexibility index (Phi) is 5.84. The molecule has 1 aromatic heterocycles. The van der Waals surface area contributed by atoms with E-state index in [1.54, 1.807) is 12.5 Å². The molecule has 0 saturated heterocycles. The molecule has 2 rings (SSSR count). The second kappa shape index (κ2) is 7.67. The summed E-state index contributed by atoms with van der Waals surface area (Å²) >= 11 is 0. The minimum Gasteiger partial charge on any atom is -0.493 e. The number of nitrogens with two attached hydrogens (primary N) is 1. The Morgan fingerprint density at radius 2 is 2.08 bits per heavy atom. The van der Waals surface area contributed by atoms with Crippen LogP contribution in [0, 0.1) is 0 Å². The number of anilines is 1. The Balaban J connectivity index is 2.29. The molecular formula is C16H24N4O3S. The highest BCUT2D eigenvalue weighted by Gasteiger charge is 2.12. The first-order valence-corrected chi connectivity index (χ1v) is 9.71. The molecule has 0 spiro atoms. The average molecular weight is 352 g/mol. The van der Waals surface area contributed by atoms with Crippen molar-refractivity contribution < 1.29 is 13.7 Å². The van der Waals surface area contributed by atoms with E-state index in [4.69, 9.17) is 14.6 Å². The van der Waals surface area contributed by atoms with E-state index in [0.717, 1.165) is 16.7 Å². The SMILES string of the molecule is COc1cc2c(NC(C)C)ncnc2cc1OCCC=S(C)(N)=O. The highest BCUT2D eigenvalue weighted by Crippen LogP contribution is 2.34. The molecule has 7 nitrogen and oxygen atoms in total. The summed E-state index contributed by atoms with van der Waals surface area (Å²) in [7, 11) is -0.780. The van der Waals surface area contributed by atoms with Crippen molar-refractivity contribution in [2.75, 3.05) is 25.3 Å². The Morgan fingerprint density at radius 3 is 2.71 bits per heavy atom. The molecule has 24 heavy (non-hydrogen) atoms. The fraction of sp³-hybridized carbons (Fsp3) is 0.438. The molecule has 0 aliphatic heterocycles. The minimum atomic E-state index is -2.36. The largest absolute Gasteiger partial charge is 0.493 e. The number of nitrogens with one attached hydrogen (secondary N) is 1. The lowest BCUT2D eigenvalue weighted by Gasteiger charge is -2.14. The smallest absolute Gasteiger partial charge is 0.163 e. The maximum absolute atomic E-state index is 11.4. The van der Waals surface area contributed by atoms with Crippen molar-refractivity contribution in [3.8, 4) is 11.5 Å². The predicted molar refractivity (Wildman–Crippen MR) is 99.3 cm³/mol. The summed E-state index contributed by atoms with van der Waals surface area (Å²) < 4.78 is 22.6. The van der Waals surface area contributed by atoms with Gasteiger partial charge in [0.15, 0.2) is 11.5 Å². The number of fused-ring (bicyclic) bond motifs is 1. The highest BCUT2D eigenvalue weighted by atomic mass is 32.2. The van der Waals surface area contributed by atoms with Crippen molar-refractivity contribution >= 4 is 31.8 Å². The van der Waals surface area contributed by atoms with Gasteiger partial charge in [0.2, 0.25) is 0 Å². The Labute approximate surface area is 142 Å². The quantitative estimate of drug-likeness (QED) is 0.582. The van der Waals surface area contributed by atoms with Crippen LogP contribution in [0.1, 0.15) is 20.3 Å². The molecule has 132 valence electrons. The first-order chi connectivity index (χ1) is 11.3. The topological polar surface area (TPSA) is 99.4 Å². The molecule has 1 unspecified atom stereocenters. The summed E-state index contributed by atoms with van der Waals surface area (Å²) in [5, 5.41) is 11.2. The second-order valence-corrected chi connectivity index (χ2v) is 8.08. The van der Waals surface area contributed by atoms with E-state index in [1.165, 1.54) is 12.6 Å². The van der Waals surface area contributed by atoms with Crippen molar-refractivity contribution in [2.24, 2.45) is 5.14 Å². The molecule has 0 amide bonds. The van der Waals surface area contributed by atoms with Crippen LogP contribution in [0.5, 0.6) is 11.5 Å². The number of nitrogens with zero attached hydrogens (tertiary/aromatic N) is 2. The molecule has 1 heterocycles. The zero-order chi connectivity index (χ0) is 17.7. The molecule has 0 aliphatic carbocycles. The lowest BCUT2D eigenvalue weighted by Crippen LogP contribution is -2.14. The van der Waals surface area contributed by atoms with Gasteiger partial charge in [-0.05, 0) is 25.3 Å². The van der Waals surface area contributed by atoms with Crippen LogP contribution in [0.2, 0.25) is 0 Å². The maximum Gasteiger partial charge on any atom is 0.163 e. The highest BCUT2D eigenvalue weighted by molar-refractivity contribution is 7.98. The van der Waals surface area contributed by atoms with Crippen LogP contribution in [-0.2, 0) is 9.71 Å². The van der Waals surface area contributed by atoms with Crippen LogP contribution in [0.4, 0.5) is 5.82 Å². The summed E-state index contributed by atoms with van der Waals surface area (Å²) in [6.07, 6.45) is 3.48. The van der Waals surface area contributed by atoms with Gasteiger partial charge in [-0.3, -0.25) is 9.35 Å². The fourth-order valence-electron chi connectivity index (χ4n) is 2.18. The molecule has 0 bridgehead atoms. The monoisotopic (exact) mass is 352 g/mol. The zero-order valence-corrected chi connectivity index (χ0v) is 15.2.